The molecule has 124 valence electrons. The lowest BCUT2D eigenvalue weighted by Crippen LogP contribution is -2.33. The SMILES string of the molecule is CC1(C)CCc2[nH]nc(C(=O)O)c2C1COCC[Si](C)(C)C. The van der Waals surface area contributed by atoms with E-state index in [1.807, 2.05) is 0 Å². The van der Waals surface area contributed by atoms with Gasteiger partial charge in [-0.05, 0) is 24.3 Å². The lowest BCUT2D eigenvalue weighted by Gasteiger charge is -2.38. The number of hydrogen-bond acceptors (Lipinski definition) is 3. The van der Waals surface area contributed by atoms with E-state index in [9.17, 15) is 9.90 Å². The van der Waals surface area contributed by atoms with Crippen molar-refractivity contribution in [3.05, 3.63) is 17.0 Å². The van der Waals surface area contributed by atoms with Gasteiger partial charge in [-0.25, -0.2) is 4.79 Å². The van der Waals surface area contributed by atoms with Crippen LogP contribution in [-0.2, 0) is 11.2 Å². The molecule has 1 aliphatic carbocycles. The third kappa shape index (κ3) is 3.79. The van der Waals surface area contributed by atoms with Crippen molar-refractivity contribution in [2.24, 2.45) is 5.41 Å². The molecule has 1 aliphatic rings. The summed E-state index contributed by atoms with van der Waals surface area (Å²) in [6.07, 6.45) is 1.87. The number of aromatic nitrogens is 2. The van der Waals surface area contributed by atoms with Gasteiger partial charge < -0.3 is 9.84 Å². The molecule has 6 heteroatoms. The zero-order chi connectivity index (χ0) is 16.5. The van der Waals surface area contributed by atoms with Crippen LogP contribution in [0.5, 0.6) is 0 Å². The Bertz CT molecular complexity index is 546. The Kier molecular flexibility index (Phi) is 4.82. The van der Waals surface area contributed by atoms with E-state index < -0.39 is 14.0 Å². The van der Waals surface area contributed by atoms with Crippen molar-refractivity contribution < 1.29 is 14.6 Å². The largest absolute Gasteiger partial charge is 0.476 e. The van der Waals surface area contributed by atoms with Gasteiger partial charge in [-0.15, -0.1) is 0 Å². The first kappa shape index (κ1) is 17.2. The second-order valence-electron chi connectivity index (χ2n) is 8.20. The van der Waals surface area contributed by atoms with Crippen LogP contribution in [0, 0.1) is 5.41 Å². The van der Waals surface area contributed by atoms with Gasteiger partial charge in [-0.1, -0.05) is 33.5 Å². The van der Waals surface area contributed by atoms with Crippen LogP contribution in [0.25, 0.3) is 0 Å². The number of carboxylic acid groups (broad SMARTS) is 1. The summed E-state index contributed by atoms with van der Waals surface area (Å²) in [5, 5.41) is 16.3. The van der Waals surface area contributed by atoms with Crippen molar-refractivity contribution in [3.63, 3.8) is 0 Å². The van der Waals surface area contributed by atoms with Crippen LogP contribution in [0.3, 0.4) is 0 Å². The van der Waals surface area contributed by atoms with E-state index in [1.54, 1.807) is 0 Å². The van der Waals surface area contributed by atoms with E-state index >= 15 is 0 Å². The second kappa shape index (κ2) is 6.16. The summed E-state index contributed by atoms with van der Waals surface area (Å²) in [4.78, 5) is 11.4. The van der Waals surface area contributed by atoms with Gasteiger partial charge in [0, 0.05) is 31.9 Å². The van der Waals surface area contributed by atoms with Crippen molar-refractivity contribution in [3.8, 4) is 0 Å². The van der Waals surface area contributed by atoms with Crippen LogP contribution in [0.15, 0.2) is 0 Å². The van der Waals surface area contributed by atoms with Crippen molar-refractivity contribution in [1.82, 2.24) is 10.2 Å². The molecule has 0 amide bonds. The summed E-state index contributed by atoms with van der Waals surface area (Å²) >= 11 is 0. The van der Waals surface area contributed by atoms with Gasteiger partial charge in [-0.3, -0.25) is 5.10 Å². The fourth-order valence-electron chi connectivity index (χ4n) is 3.02. The summed E-state index contributed by atoms with van der Waals surface area (Å²) in [7, 11) is -1.10. The molecule has 0 saturated heterocycles. The number of aromatic amines is 1. The zero-order valence-corrected chi connectivity index (χ0v) is 15.3. The minimum absolute atomic E-state index is 0.0280. The Morgan fingerprint density at radius 2 is 2.14 bits per heavy atom. The smallest absolute Gasteiger partial charge is 0.356 e. The molecule has 1 atom stereocenters. The number of carbonyl (C=O) groups is 1. The monoisotopic (exact) mass is 324 g/mol. The highest BCUT2D eigenvalue weighted by atomic mass is 28.3. The molecule has 0 aromatic carbocycles. The molecule has 0 spiro atoms. The summed E-state index contributed by atoms with van der Waals surface area (Å²) in [6.45, 7) is 12.7. The van der Waals surface area contributed by atoms with Crippen molar-refractivity contribution in [2.75, 3.05) is 13.2 Å². The molecular weight excluding hydrogens is 296 g/mol. The van der Waals surface area contributed by atoms with Crippen molar-refractivity contribution in [2.45, 2.75) is 58.3 Å². The molecule has 1 heterocycles. The van der Waals surface area contributed by atoms with E-state index in [0.717, 1.165) is 36.8 Å². The Morgan fingerprint density at radius 1 is 1.45 bits per heavy atom. The molecule has 1 aromatic heterocycles. The highest BCUT2D eigenvalue weighted by molar-refractivity contribution is 6.76. The van der Waals surface area contributed by atoms with Gasteiger partial charge in [0.25, 0.3) is 0 Å². The molecule has 0 saturated carbocycles. The van der Waals surface area contributed by atoms with Gasteiger partial charge in [0.05, 0.1) is 6.61 Å². The molecular formula is C16H28N2O3Si. The summed E-state index contributed by atoms with van der Waals surface area (Å²) in [6, 6.07) is 1.13. The Morgan fingerprint density at radius 3 is 2.73 bits per heavy atom. The highest BCUT2D eigenvalue weighted by Gasteiger charge is 2.40. The Balaban J connectivity index is 2.15. The number of hydrogen-bond donors (Lipinski definition) is 2. The van der Waals surface area contributed by atoms with Gasteiger partial charge >= 0.3 is 5.97 Å². The number of aryl methyl sites for hydroxylation is 1. The first-order valence-corrected chi connectivity index (χ1v) is 11.7. The maximum Gasteiger partial charge on any atom is 0.356 e. The van der Waals surface area contributed by atoms with Crippen molar-refractivity contribution in [1.29, 1.82) is 0 Å². The molecule has 22 heavy (non-hydrogen) atoms. The lowest BCUT2D eigenvalue weighted by molar-refractivity contribution is 0.0671. The Hall–Kier alpha value is -1.14. The normalized spacial score (nSPS) is 20.7. The number of H-pyrrole nitrogens is 1. The number of ether oxygens (including phenoxy) is 1. The number of nitrogens with zero attached hydrogens (tertiary/aromatic N) is 1. The average molecular weight is 324 g/mol. The maximum atomic E-state index is 11.4. The molecule has 0 fully saturated rings. The van der Waals surface area contributed by atoms with Crippen LogP contribution in [0.1, 0.15) is 47.9 Å². The maximum absolute atomic E-state index is 11.4. The second-order valence-corrected chi connectivity index (χ2v) is 13.8. The molecule has 0 aliphatic heterocycles. The fourth-order valence-corrected chi connectivity index (χ4v) is 3.77. The van der Waals surface area contributed by atoms with Crippen LogP contribution in [-0.4, -0.2) is 42.6 Å². The predicted octanol–water partition coefficient (Wildman–Crippen LogP) is 3.52. The van der Waals surface area contributed by atoms with Crippen molar-refractivity contribution >= 4 is 14.0 Å². The average Bonchev–Trinajstić information content (AvgIpc) is 2.78. The van der Waals surface area contributed by atoms with Gasteiger partial charge in [0.1, 0.15) is 0 Å². The number of fused-ring (bicyclic) bond motifs is 1. The van der Waals surface area contributed by atoms with Crippen LogP contribution < -0.4 is 0 Å². The molecule has 1 aromatic rings. The van der Waals surface area contributed by atoms with E-state index in [2.05, 4.69) is 43.7 Å². The topological polar surface area (TPSA) is 75.2 Å². The van der Waals surface area contributed by atoms with E-state index in [4.69, 9.17) is 4.74 Å². The van der Waals surface area contributed by atoms with Crippen LogP contribution in [0.2, 0.25) is 25.7 Å². The van der Waals surface area contributed by atoms with E-state index in [0.29, 0.717) is 6.61 Å². The number of carboxylic acids is 1. The van der Waals surface area contributed by atoms with Gasteiger partial charge in [-0.2, -0.15) is 5.10 Å². The van der Waals surface area contributed by atoms with Crippen LogP contribution >= 0.6 is 0 Å². The number of rotatable bonds is 6. The lowest BCUT2D eigenvalue weighted by atomic mass is 9.67. The minimum atomic E-state index is -1.10. The molecule has 5 nitrogen and oxygen atoms in total. The minimum Gasteiger partial charge on any atom is -0.476 e. The highest BCUT2D eigenvalue weighted by Crippen LogP contribution is 2.45. The first-order chi connectivity index (χ1) is 10.1. The third-order valence-electron chi connectivity index (χ3n) is 4.68. The van der Waals surface area contributed by atoms with Gasteiger partial charge in [0.2, 0.25) is 0 Å². The molecule has 2 N–H and O–H groups in total. The van der Waals surface area contributed by atoms with Crippen LogP contribution in [0.4, 0.5) is 0 Å². The predicted molar refractivity (Wildman–Crippen MR) is 89.4 cm³/mol. The van der Waals surface area contributed by atoms with Gasteiger partial charge in [0.15, 0.2) is 5.69 Å². The number of aromatic carboxylic acids is 1. The third-order valence-corrected chi connectivity index (χ3v) is 6.38. The van der Waals surface area contributed by atoms with E-state index in [-0.39, 0.29) is 17.0 Å². The molecule has 2 rings (SSSR count). The van der Waals surface area contributed by atoms with E-state index in [1.165, 1.54) is 0 Å². The first-order valence-electron chi connectivity index (χ1n) is 8.00. The fraction of sp³-hybridized carbons (Fsp3) is 0.750. The summed E-state index contributed by atoms with van der Waals surface area (Å²) in [5.41, 5.74) is 2.02. The summed E-state index contributed by atoms with van der Waals surface area (Å²) < 4.78 is 5.95. The quantitative estimate of drug-likeness (QED) is 0.620. The standard InChI is InChI=1S/C16H28N2O3Si/c1-16(2)7-6-12-13(14(15(19)20)18-17-12)11(16)10-21-8-9-22(3,4)5/h11H,6-10H2,1-5H3,(H,17,18)(H,19,20). The summed E-state index contributed by atoms with van der Waals surface area (Å²) in [5.74, 6) is -0.870. The molecule has 1 unspecified atom stereocenters. The zero-order valence-electron chi connectivity index (χ0n) is 14.3. The molecule has 0 radical (unpaired) electrons. The molecule has 0 bridgehead atoms. The number of nitrogens with one attached hydrogen (secondary N) is 1. The Labute approximate surface area is 133 Å².